The van der Waals surface area contributed by atoms with Crippen molar-refractivity contribution in [3.8, 4) is 17.2 Å². The third-order valence-corrected chi connectivity index (χ3v) is 10.1. The number of methoxy groups -OCH3 is 1. The molecule has 7 rings (SSSR count). The molecule has 10 heteroatoms. The summed E-state index contributed by atoms with van der Waals surface area (Å²) in [5, 5.41) is 24.0. The van der Waals surface area contributed by atoms with Gasteiger partial charge in [0.05, 0.1) is 54.5 Å². The number of Topliss-reactive ketones (excluding diaryl/α,β-unsaturated/α-hetero) is 1. The van der Waals surface area contributed by atoms with Crippen LogP contribution in [0.15, 0.2) is 40.1 Å². The van der Waals surface area contributed by atoms with Gasteiger partial charge in [-0.15, -0.1) is 0 Å². The van der Waals surface area contributed by atoms with Crippen LogP contribution in [0, 0.1) is 0 Å². The Morgan fingerprint density at radius 1 is 1.24 bits per heavy atom. The highest BCUT2D eigenvalue weighted by Crippen LogP contribution is 2.61. The number of allylic oxidation sites excluding steroid dienone is 3. The summed E-state index contributed by atoms with van der Waals surface area (Å²) in [5.41, 5.74) is 2.40. The Kier molecular flexibility index (Phi) is 7.60. The zero-order valence-corrected chi connectivity index (χ0v) is 26.2. The molecule has 10 nitrogen and oxygen atoms in total. The van der Waals surface area contributed by atoms with E-state index in [2.05, 4.69) is 4.99 Å². The van der Waals surface area contributed by atoms with Crippen LogP contribution >= 0.6 is 0 Å². The summed E-state index contributed by atoms with van der Waals surface area (Å²) in [6.45, 7) is 3.57. The predicted molar refractivity (Wildman–Crippen MR) is 166 cm³/mol. The number of hydrogen-bond donors (Lipinski definition) is 2. The maximum absolute atomic E-state index is 13.4. The second-order valence-electron chi connectivity index (χ2n) is 12.8. The molecule has 0 bridgehead atoms. The van der Waals surface area contributed by atoms with Crippen LogP contribution in [0.2, 0.25) is 0 Å². The van der Waals surface area contributed by atoms with Gasteiger partial charge >= 0.3 is 5.97 Å². The van der Waals surface area contributed by atoms with Crippen LogP contribution in [0.1, 0.15) is 86.5 Å². The first-order chi connectivity index (χ1) is 22.2. The lowest BCUT2D eigenvalue weighted by atomic mass is 9.72. The topological polar surface area (TPSA) is 141 Å². The van der Waals surface area contributed by atoms with Gasteiger partial charge in [-0.1, -0.05) is 17.7 Å². The van der Waals surface area contributed by atoms with Crippen molar-refractivity contribution in [1.29, 1.82) is 0 Å². The standard InChI is InChI=1S/C36H37NO9/c1-4-44-35(41)32-23(16-38)27(20-8-10-26(40)22(15-20)18-7-9-25-19(14-18)11-13-37-25)29-31(45-32)24(17-39)30-28(33(29)43-3)21-6-5-12-36(2,42)34(21)46-30/h7,9,11,14,16,21-22,34,39,42H,4-6,8,10,12-13,15,17H2,1-3H3. The van der Waals surface area contributed by atoms with Crippen LogP contribution in [0.5, 0.6) is 17.2 Å². The third kappa shape index (κ3) is 4.60. The van der Waals surface area contributed by atoms with Gasteiger partial charge in [-0.25, -0.2) is 4.79 Å². The highest BCUT2D eigenvalue weighted by molar-refractivity contribution is 6.11. The molecule has 3 aliphatic heterocycles. The number of ketones is 1. The second-order valence-corrected chi connectivity index (χ2v) is 12.8. The van der Waals surface area contributed by atoms with E-state index >= 15 is 0 Å². The normalized spacial score (nSPS) is 27.7. The SMILES string of the molecule is CCOC(=O)C1=C(C=O)C(=C2CCC(=O)C(c3ccc4c(c3)=CCN=4)C2)c2c(c(CO)c3c(c2OC)C2CCCC(C)(O)C2O3)O1. The molecule has 240 valence electrons. The van der Waals surface area contributed by atoms with E-state index in [1.807, 2.05) is 24.3 Å². The van der Waals surface area contributed by atoms with Crippen LogP contribution < -0.4 is 24.8 Å². The van der Waals surface area contributed by atoms with Crippen molar-refractivity contribution >= 4 is 29.7 Å². The number of carbonyl (C=O) groups excluding carboxylic acids is 3. The maximum atomic E-state index is 13.4. The number of benzene rings is 2. The molecule has 2 aromatic carbocycles. The van der Waals surface area contributed by atoms with Gasteiger partial charge in [0.2, 0.25) is 5.76 Å². The van der Waals surface area contributed by atoms with Gasteiger partial charge < -0.3 is 29.2 Å². The summed E-state index contributed by atoms with van der Waals surface area (Å²) in [6.07, 6.45) is 4.98. The molecular formula is C36H37NO9. The molecule has 2 fully saturated rings. The number of aliphatic hydroxyl groups is 2. The zero-order valence-electron chi connectivity index (χ0n) is 26.2. The number of rotatable bonds is 6. The molecule has 4 unspecified atom stereocenters. The van der Waals surface area contributed by atoms with Crippen LogP contribution in [0.25, 0.3) is 11.6 Å². The highest BCUT2D eigenvalue weighted by atomic mass is 16.6. The summed E-state index contributed by atoms with van der Waals surface area (Å²) in [4.78, 5) is 44.2. The number of ether oxygens (including phenoxy) is 4. The largest absolute Gasteiger partial charge is 0.496 e. The minimum absolute atomic E-state index is 0.00313. The van der Waals surface area contributed by atoms with Crippen molar-refractivity contribution in [3.05, 3.63) is 67.9 Å². The van der Waals surface area contributed by atoms with Crippen LogP contribution in [0.3, 0.4) is 0 Å². The van der Waals surface area contributed by atoms with Gasteiger partial charge in [-0.2, -0.15) is 0 Å². The van der Waals surface area contributed by atoms with E-state index in [9.17, 15) is 24.6 Å². The van der Waals surface area contributed by atoms with Gasteiger partial charge in [0.1, 0.15) is 29.1 Å². The number of nitrogens with zero attached hydrogens (tertiary/aromatic N) is 1. The molecule has 5 aliphatic rings. The zero-order chi connectivity index (χ0) is 32.3. The van der Waals surface area contributed by atoms with E-state index in [1.165, 1.54) is 7.11 Å². The van der Waals surface area contributed by atoms with E-state index in [-0.39, 0.29) is 41.8 Å². The molecular weight excluding hydrogens is 590 g/mol. The Morgan fingerprint density at radius 2 is 2.07 bits per heavy atom. The lowest BCUT2D eigenvalue weighted by Gasteiger charge is -2.37. The van der Waals surface area contributed by atoms with E-state index in [0.29, 0.717) is 65.9 Å². The molecule has 0 aromatic heterocycles. The fourth-order valence-electron chi connectivity index (χ4n) is 7.98. The maximum Gasteiger partial charge on any atom is 0.375 e. The first-order valence-electron chi connectivity index (χ1n) is 15.9. The number of carbonyl (C=O) groups is 3. The summed E-state index contributed by atoms with van der Waals surface area (Å²) in [6, 6.07) is 5.86. The lowest BCUT2D eigenvalue weighted by Crippen LogP contribution is -2.47. The molecule has 2 aliphatic carbocycles. The monoisotopic (exact) mass is 627 g/mol. The molecule has 0 saturated heterocycles. The van der Waals surface area contributed by atoms with Gasteiger partial charge in [0, 0.05) is 29.4 Å². The van der Waals surface area contributed by atoms with Crippen molar-refractivity contribution < 1.29 is 43.5 Å². The fraction of sp³-hybridized carbons (Fsp3) is 0.444. The smallest absolute Gasteiger partial charge is 0.375 e. The van der Waals surface area contributed by atoms with Crippen molar-refractivity contribution in [3.63, 3.8) is 0 Å². The number of aliphatic hydroxyl groups excluding tert-OH is 1. The Balaban J connectivity index is 1.48. The molecule has 0 radical (unpaired) electrons. The van der Waals surface area contributed by atoms with Gasteiger partial charge in [0.25, 0.3) is 0 Å². The molecule has 4 atom stereocenters. The van der Waals surface area contributed by atoms with Crippen molar-refractivity contribution in [1.82, 2.24) is 0 Å². The number of esters is 1. The second kappa shape index (κ2) is 11.5. The summed E-state index contributed by atoms with van der Waals surface area (Å²) in [7, 11) is 1.52. The summed E-state index contributed by atoms with van der Waals surface area (Å²) in [5.74, 6) is -0.850. The summed E-state index contributed by atoms with van der Waals surface area (Å²) < 4.78 is 24.1. The third-order valence-electron chi connectivity index (χ3n) is 10.1. The van der Waals surface area contributed by atoms with Crippen LogP contribution in [-0.2, 0) is 25.7 Å². The highest BCUT2D eigenvalue weighted by Gasteiger charge is 2.52. The predicted octanol–water partition coefficient (Wildman–Crippen LogP) is 3.08. The Labute approximate surface area is 266 Å². The molecule has 0 spiro atoms. The molecule has 2 N–H and O–H groups in total. The van der Waals surface area contributed by atoms with Crippen molar-refractivity contribution in [2.45, 2.75) is 82.5 Å². The van der Waals surface area contributed by atoms with Gasteiger partial charge in [-0.05, 0) is 68.9 Å². The van der Waals surface area contributed by atoms with Gasteiger partial charge in [0.15, 0.2) is 6.29 Å². The average Bonchev–Trinajstić information content (AvgIpc) is 3.68. The molecule has 2 aromatic rings. The first kappa shape index (κ1) is 30.4. The van der Waals surface area contributed by atoms with Crippen molar-refractivity contribution in [2.75, 3.05) is 20.3 Å². The van der Waals surface area contributed by atoms with E-state index in [0.717, 1.165) is 34.6 Å². The average molecular weight is 628 g/mol. The van der Waals surface area contributed by atoms with Gasteiger partial charge in [-0.3, -0.25) is 14.6 Å². The Hall–Kier alpha value is -4.28. The van der Waals surface area contributed by atoms with Crippen LogP contribution in [0.4, 0.5) is 0 Å². The minimum Gasteiger partial charge on any atom is -0.496 e. The molecule has 3 heterocycles. The molecule has 46 heavy (non-hydrogen) atoms. The van der Waals surface area contributed by atoms with E-state index in [4.69, 9.17) is 18.9 Å². The fourth-order valence-corrected chi connectivity index (χ4v) is 7.98. The number of aldehydes is 1. The van der Waals surface area contributed by atoms with Crippen molar-refractivity contribution in [2.24, 2.45) is 4.99 Å². The number of fused-ring (bicyclic) bond motifs is 5. The Bertz CT molecular complexity index is 1870. The Morgan fingerprint density at radius 3 is 2.80 bits per heavy atom. The number of hydrogen-bond acceptors (Lipinski definition) is 10. The lowest BCUT2D eigenvalue weighted by molar-refractivity contribution is -0.141. The van der Waals surface area contributed by atoms with E-state index in [1.54, 1.807) is 13.8 Å². The summed E-state index contributed by atoms with van der Waals surface area (Å²) >= 11 is 0. The first-order valence-corrected chi connectivity index (χ1v) is 15.9. The minimum atomic E-state index is -1.12. The quantitative estimate of drug-likeness (QED) is 0.365. The van der Waals surface area contributed by atoms with E-state index < -0.39 is 30.2 Å². The molecule has 0 amide bonds. The van der Waals surface area contributed by atoms with Crippen LogP contribution in [-0.4, -0.2) is 60.2 Å². The molecule has 2 saturated carbocycles.